The third-order valence-corrected chi connectivity index (χ3v) is 3.37. The van der Waals surface area contributed by atoms with Crippen LogP contribution in [0.2, 0.25) is 0 Å². The topological polar surface area (TPSA) is 61.8 Å². The lowest BCUT2D eigenvalue weighted by atomic mass is 10.2. The molecule has 0 spiro atoms. The van der Waals surface area contributed by atoms with E-state index in [1.165, 1.54) is 6.42 Å². The zero-order valence-corrected chi connectivity index (χ0v) is 11.9. The fourth-order valence-electron chi connectivity index (χ4n) is 1.83. The molecule has 18 heavy (non-hydrogen) atoms. The average molecular weight is 280 g/mol. The Morgan fingerprint density at radius 1 is 1.11 bits per heavy atom. The van der Waals surface area contributed by atoms with Gasteiger partial charge in [-0.25, -0.2) is 0 Å². The summed E-state index contributed by atoms with van der Waals surface area (Å²) in [6.45, 7) is 1.82. The summed E-state index contributed by atoms with van der Waals surface area (Å²) in [4.78, 5) is 0. The SMILES string of the molecule is CS(=O)(=O)OCCCCCCOC1CCCCO1. The van der Waals surface area contributed by atoms with E-state index in [4.69, 9.17) is 9.47 Å². The largest absolute Gasteiger partial charge is 0.353 e. The molecule has 0 bridgehead atoms. The van der Waals surface area contributed by atoms with Crippen molar-refractivity contribution in [3.63, 3.8) is 0 Å². The second kappa shape index (κ2) is 8.85. The van der Waals surface area contributed by atoms with Crippen LogP contribution in [-0.2, 0) is 23.8 Å². The molecule has 1 heterocycles. The van der Waals surface area contributed by atoms with Crippen LogP contribution in [0.1, 0.15) is 44.9 Å². The number of unbranched alkanes of at least 4 members (excludes halogenated alkanes) is 3. The minimum atomic E-state index is -3.28. The van der Waals surface area contributed by atoms with E-state index in [1.54, 1.807) is 0 Å². The Kier molecular flexibility index (Phi) is 7.81. The lowest BCUT2D eigenvalue weighted by Gasteiger charge is -2.22. The van der Waals surface area contributed by atoms with E-state index in [0.29, 0.717) is 0 Å². The van der Waals surface area contributed by atoms with Gasteiger partial charge in [0.25, 0.3) is 10.1 Å². The summed E-state index contributed by atoms with van der Waals surface area (Å²) >= 11 is 0. The first-order chi connectivity index (χ1) is 8.58. The number of hydrogen-bond donors (Lipinski definition) is 0. The van der Waals surface area contributed by atoms with Crippen LogP contribution in [0.5, 0.6) is 0 Å². The van der Waals surface area contributed by atoms with Gasteiger partial charge in [0, 0.05) is 13.2 Å². The highest BCUT2D eigenvalue weighted by molar-refractivity contribution is 7.85. The molecule has 0 N–H and O–H groups in total. The third-order valence-electron chi connectivity index (χ3n) is 2.78. The molecule has 1 saturated heterocycles. The number of hydrogen-bond acceptors (Lipinski definition) is 5. The van der Waals surface area contributed by atoms with Gasteiger partial charge in [-0.15, -0.1) is 0 Å². The summed E-state index contributed by atoms with van der Waals surface area (Å²) in [5.41, 5.74) is 0. The van der Waals surface area contributed by atoms with Crippen molar-refractivity contribution in [3.05, 3.63) is 0 Å². The molecule has 1 rings (SSSR count). The highest BCUT2D eigenvalue weighted by Crippen LogP contribution is 2.14. The van der Waals surface area contributed by atoms with Crippen LogP contribution in [-0.4, -0.2) is 40.8 Å². The molecule has 0 aliphatic carbocycles. The van der Waals surface area contributed by atoms with Gasteiger partial charge in [-0.2, -0.15) is 8.42 Å². The van der Waals surface area contributed by atoms with Crippen molar-refractivity contribution in [1.29, 1.82) is 0 Å². The minimum Gasteiger partial charge on any atom is -0.353 e. The Balaban J connectivity index is 1.83. The average Bonchev–Trinajstić information content (AvgIpc) is 2.32. The summed E-state index contributed by atoms with van der Waals surface area (Å²) in [6.07, 6.45) is 8.14. The highest BCUT2D eigenvalue weighted by Gasteiger charge is 2.13. The summed E-state index contributed by atoms with van der Waals surface area (Å²) < 4.78 is 37.1. The van der Waals surface area contributed by atoms with Crippen molar-refractivity contribution >= 4 is 10.1 Å². The van der Waals surface area contributed by atoms with Gasteiger partial charge in [-0.1, -0.05) is 12.8 Å². The van der Waals surface area contributed by atoms with Crippen molar-refractivity contribution in [2.24, 2.45) is 0 Å². The molecule has 1 aliphatic heterocycles. The first kappa shape index (κ1) is 15.9. The van der Waals surface area contributed by atoms with Gasteiger partial charge in [-0.3, -0.25) is 4.18 Å². The standard InChI is InChI=1S/C12H24O5S/c1-18(13,14)17-11-6-3-2-5-9-15-12-8-4-7-10-16-12/h12H,2-11H2,1H3. The molecule has 108 valence electrons. The van der Waals surface area contributed by atoms with Crippen LogP contribution in [0, 0.1) is 0 Å². The van der Waals surface area contributed by atoms with Crippen molar-refractivity contribution in [1.82, 2.24) is 0 Å². The Hall–Kier alpha value is -0.170. The van der Waals surface area contributed by atoms with Crippen LogP contribution < -0.4 is 0 Å². The molecule has 0 aromatic carbocycles. The van der Waals surface area contributed by atoms with Gasteiger partial charge in [0.15, 0.2) is 6.29 Å². The molecule has 6 heteroatoms. The smallest absolute Gasteiger partial charge is 0.264 e. The molecule has 1 fully saturated rings. The van der Waals surface area contributed by atoms with E-state index < -0.39 is 10.1 Å². The van der Waals surface area contributed by atoms with Crippen LogP contribution in [0.25, 0.3) is 0 Å². The highest BCUT2D eigenvalue weighted by atomic mass is 32.2. The maximum atomic E-state index is 10.7. The predicted molar refractivity (Wildman–Crippen MR) is 68.8 cm³/mol. The summed E-state index contributed by atoms with van der Waals surface area (Å²) in [5, 5.41) is 0. The second-order valence-corrected chi connectivity index (χ2v) is 6.25. The fraction of sp³-hybridized carbons (Fsp3) is 1.00. The van der Waals surface area contributed by atoms with Gasteiger partial charge >= 0.3 is 0 Å². The molecule has 1 atom stereocenters. The van der Waals surface area contributed by atoms with E-state index in [9.17, 15) is 8.42 Å². The Morgan fingerprint density at radius 3 is 2.44 bits per heavy atom. The van der Waals surface area contributed by atoms with Gasteiger partial charge in [-0.05, 0) is 32.1 Å². The molecule has 0 aromatic heterocycles. The Labute approximate surface area is 110 Å². The summed E-state index contributed by atoms with van der Waals surface area (Å²) in [5.74, 6) is 0. The molecule has 1 aliphatic rings. The van der Waals surface area contributed by atoms with Crippen molar-refractivity contribution in [3.8, 4) is 0 Å². The van der Waals surface area contributed by atoms with Crippen molar-refractivity contribution < 1.29 is 22.1 Å². The molecule has 5 nitrogen and oxygen atoms in total. The molecular formula is C12H24O5S. The van der Waals surface area contributed by atoms with Crippen LogP contribution in [0.3, 0.4) is 0 Å². The number of ether oxygens (including phenoxy) is 2. The van der Waals surface area contributed by atoms with Gasteiger partial charge < -0.3 is 9.47 Å². The summed E-state index contributed by atoms with van der Waals surface area (Å²) in [6, 6.07) is 0. The Bertz CT molecular complexity index is 296. The van der Waals surface area contributed by atoms with E-state index in [-0.39, 0.29) is 12.9 Å². The van der Waals surface area contributed by atoms with Gasteiger partial charge in [0.1, 0.15) is 0 Å². The predicted octanol–water partition coefficient (Wildman–Crippen LogP) is 2.07. The van der Waals surface area contributed by atoms with Crippen LogP contribution in [0.4, 0.5) is 0 Å². The first-order valence-corrected chi connectivity index (χ1v) is 8.47. The normalized spacial score (nSPS) is 21.1. The zero-order valence-electron chi connectivity index (χ0n) is 11.1. The van der Waals surface area contributed by atoms with E-state index in [1.807, 2.05) is 0 Å². The Morgan fingerprint density at radius 2 is 1.83 bits per heavy atom. The van der Waals surface area contributed by atoms with E-state index in [2.05, 4.69) is 4.18 Å². The molecule has 0 aromatic rings. The van der Waals surface area contributed by atoms with E-state index in [0.717, 1.165) is 58.0 Å². The lowest BCUT2D eigenvalue weighted by Crippen LogP contribution is -2.22. The third kappa shape index (κ3) is 8.85. The summed E-state index contributed by atoms with van der Waals surface area (Å²) in [7, 11) is -3.28. The van der Waals surface area contributed by atoms with Crippen molar-refractivity contribution in [2.45, 2.75) is 51.2 Å². The van der Waals surface area contributed by atoms with Gasteiger partial charge in [0.05, 0.1) is 12.9 Å². The molecule has 1 unspecified atom stereocenters. The van der Waals surface area contributed by atoms with Crippen LogP contribution >= 0.6 is 0 Å². The quantitative estimate of drug-likeness (QED) is 0.478. The maximum Gasteiger partial charge on any atom is 0.264 e. The maximum absolute atomic E-state index is 10.7. The first-order valence-electron chi connectivity index (χ1n) is 6.65. The minimum absolute atomic E-state index is 0.00711. The molecule has 0 amide bonds. The van der Waals surface area contributed by atoms with E-state index >= 15 is 0 Å². The van der Waals surface area contributed by atoms with Gasteiger partial charge in [0.2, 0.25) is 0 Å². The molecular weight excluding hydrogens is 256 g/mol. The second-order valence-electron chi connectivity index (χ2n) is 4.61. The molecule has 0 saturated carbocycles. The number of rotatable bonds is 9. The van der Waals surface area contributed by atoms with Crippen molar-refractivity contribution in [2.75, 3.05) is 26.1 Å². The molecule has 0 radical (unpaired) electrons. The zero-order chi connectivity index (χ0) is 13.3. The lowest BCUT2D eigenvalue weighted by molar-refractivity contribution is -0.162. The monoisotopic (exact) mass is 280 g/mol. The van der Waals surface area contributed by atoms with Crippen LogP contribution in [0.15, 0.2) is 0 Å². The fourth-order valence-corrected chi connectivity index (χ4v) is 2.25.